The van der Waals surface area contributed by atoms with Crippen molar-refractivity contribution in [3.8, 4) is 0 Å². The molecule has 2 aliphatic rings. The Hall–Kier alpha value is -1.89. The Morgan fingerprint density at radius 3 is 2.61 bits per heavy atom. The van der Waals surface area contributed by atoms with Crippen molar-refractivity contribution < 1.29 is 14.3 Å². The number of halogens is 1. The highest BCUT2D eigenvalue weighted by Gasteiger charge is 2.27. The van der Waals surface area contributed by atoms with Gasteiger partial charge in [0, 0.05) is 42.4 Å². The Balaban J connectivity index is 1.28. The highest BCUT2D eigenvalue weighted by Crippen LogP contribution is 2.26. The highest BCUT2D eigenvalue weighted by atomic mass is 35.5. The van der Waals surface area contributed by atoms with E-state index in [9.17, 15) is 9.59 Å². The average molecular weight is 419 g/mol. The standard InChI is InChI=1S/C21H23ClN2O3S/c22-17-3-1-15(2-4-17)18-14-24(10-11-27-18)21(26)6-5-20(25)23-9-7-19-16(13-23)8-12-28-19/h1-4,8,12,18H,5-7,9-11,13-14H2. The van der Waals surface area contributed by atoms with Gasteiger partial charge >= 0.3 is 0 Å². The van der Waals surface area contributed by atoms with Gasteiger partial charge < -0.3 is 14.5 Å². The van der Waals surface area contributed by atoms with Crippen LogP contribution in [0.15, 0.2) is 35.7 Å². The maximum atomic E-state index is 12.7. The maximum absolute atomic E-state index is 12.7. The van der Waals surface area contributed by atoms with Gasteiger partial charge in [-0.1, -0.05) is 23.7 Å². The predicted octanol–water partition coefficient (Wildman–Crippen LogP) is 3.67. The van der Waals surface area contributed by atoms with E-state index in [1.54, 1.807) is 11.3 Å². The summed E-state index contributed by atoms with van der Waals surface area (Å²) in [6, 6.07) is 9.61. The number of hydrogen-bond acceptors (Lipinski definition) is 4. The fourth-order valence-corrected chi connectivity index (χ4v) is 4.76. The number of carbonyl (C=O) groups excluding carboxylic acids is 2. The van der Waals surface area contributed by atoms with Gasteiger partial charge in [-0.15, -0.1) is 11.3 Å². The predicted molar refractivity (Wildman–Crippen MR) is 109 cm³/mol. The van der Waals surface area contributed by atoms with E-state index < -0.39 is 0 Å². The van der Waals surface area contributed by atoms with Crippen LogP contribution in [0, 0.1) is 0 Å². The average Bonchev–Trinajstić information content (AvgIpc) is 3.20. The van der Waals surface area contributed by atoms with E-state index in [1.807, 2.05) is 34.1 Å². The minimum atomic E-state index is -0.148. The molecule has 1 fully saturated rings. The Bertz CT molecular complexity index is 852. The van der Waals surface area contributed by atoms with Crippen molar-refractivity contribution in [1.29, 1.82) is 0 Å². The first kappa shape index (κ1) is 19.4. The molecule has 0 aliphatic carbocycles. The minimum absolute atomic E-state index is 0.0174. The van der Waals surface area contributed by atoms with E-state index in [2.05, 4.69) is 11.4 Å². The number of nitrogens with zero attached hydrogens (tertiary/aromatic N) is 2. The van der Waals surface area contributed by atoms with Crippen LogP contribution < -0.4 is 0 Å². The van der Waals surface area contributed by atoms with Crippen molar-refractivity contribution >= 4 is 34.8 Å². The second-order valence-electron chi connectivity index (χ2n) is 7.19. The first-order valence-corrected chi connectivity index (χ1v) is 10.8. The molecule has 7 heteroatoms. The van der Waals surface area contributed by atoms with Crippen molar-refractivity contribution in [3.63, 3.8) is 0 Å². The molecule has 0 N–H and O–H groups in total. The van der Waals surface area contributed by atoms with Crippen LogP contribution in [0.3, 0.4) is 0 Å². The van der Waals surface area contributed by atoms with E-state index in [1.165, 1.54) is 10.4 Å². The summed E-state index contributed by atoms with van der Waals surface area (Å²) >= 11 is 7.70. The molecular formula is C21H23ClN2O3S. The van der Waals surface area contributed by atoms with Crippen LogP contribution in [0.1, 0.15) is 34.9 Å². The van der Waals surface area contributed by atoms with Crippen LogP contribution in [0.2, 0.25) is 5.02 Å². The monoisotopic (exact) mass is 418 g/mol. The molecule has 1 unspecified atom stereocenters. The van der Waals surface area contributed by atoms with Crippen molar-refractivity contribution in [2.45, 2.75) is 31.9 Å². The zero-order chi connectivity index (χ0) is 19.5. The number of ether oxygens (including phenoxy) is 1. The molecule has 0 radical (unpaired) electrons. The van der Waals surface area contributed by atoms with Gasteiger partial charge in [-0.3, -0.25) is 9.59 Å². The molecule has 4 rings (SSSR count). The quantitative estimate of drug-likeness (QED) is 0.761. The molecule has 3 heterocycles. The van der Waals surface area contributed by atoms with Crippen molar-refractivity contribution in [2.75, 3.05) is 26.2 Å². The molecule has 0 spiro atoms. The summed E-state index contributed by atoms with van der Waals surface area (Å²) in [4.78, 5) is 30.3. The van der Waals surface area contributed by atoms with Gasteiger partial charge in [-0.05, 0) is 41.1 Å². The van der Waals surface area contributed by atoms with Crippen molar-refractivity contribution in [3.05, 3.63) is 56.7 Å². The van der Waals surface area contributed by atoms with E-state index in [0.29, 0.717) is 31.3 Å². The fourth-order valence-electron chi connectivity index (χ4n) is 3.75. The number of fused-ring (bicyclic) bond motifs is 1. The Labute approximate surface area is 173 Å². The van der Waals surface area contributed by atoms with Crippen molar-refractivity contribution in [2.24, 2.45) is 0 Å². The summed E-state index contributed by atoms with van der Waals surface area (Å²) in [5.41, 5.74) is 2.26. The van der Waals surface area contributed by atoms with Crippen LogP contribution in [0.25, 0.3) is 0 Å². The molecule has 1 aromatic heterocycles. The van der Waals surface area contributed by atoms with Crippen LogP contribution in [0.4, 0.5) is 0 Å². The lowest BCUT2D eigenvalue weighted by molar-refractivity contribution is -0.142. The Morgan fingerprint density at radius 1 is 1.07 bits per heavy atom. The molecule has 1 saturated heterocycles. The Kier molecular flexibility index (Phi) is 5.99. The molecule has 0 bridgehead atoms. The first-order valence-electron chi connectivity index (χ1n) is 9.58. The number of carbonyl (C=O) groups is 2. The largest absolute Gasteiger partial charge is 0.370 e. The summed E-state index contributed by atoms with van der Waals surface area (Å²) in [6.07, 6.45) is 1.28. The fraction of sp³-hybridized carbons (Fsp3) is 0.429. The molecule has 2 aromatic rings. The number of hydrogen-bond donors (Lipinski definition) is 0. The first-order chi connectivity index (χ1) is 13.6. The SMILES string of the molecule is O=C(CCC(=O)N1CCOC(c2ccc(Cl)cc2)C1)N1CCc2sccc2C1. The number of morpholine rings is 1. The van der Waals surface area contributed by atoms with Gasteiger partial charge in [-0.2, -0.15) is 0 Å². The lowest BCUT2D eigenvalue weighted by Gasteiger charge is -2.33. The number of amides is 2. The van der Waals surface area contributed by atoms with Crippen LogP contribution in [0.5, 0.6) is 0 Å². The van der Waals surface area contributed by atoms with Crippen LogP contribution in [-0.2, 0) is 27.3 Å². The van der Waals surface area contributed by atoms with E-state index in [4.69, 9.17) is 16.3 Å². The van der Waals surface area contributed by atoms with Crippen molar-refractivity contribution in [1.82, 2.24) is 9.80 Å². The summed E-state index contributed by atoms with van der Waals surface area (Å²) in [6.45, 7) is 2.99. The van der Waals surface area contributed by atoms with Gasteiger partial charge in [0.25, 0.3) is 0 Å². The molecular weight excluding hydrogens is 396 g/mol. The van der Waals surface area contributed by atoms with Gasteiger partial charge in [-0.25, -0.2) is 0 Å². The number of thiophene rings is 1. The zero-order valence-electron chi connectivity index (χ0n) is 15.6. The summed E-state index contributed by atoms with van der Waals surface area (Å²) in [5, 5.41) is 2.76. The summed E-state index contributed by atoms with van der Waals surface area (Å²) in [7, 11) is 0. The van der Waals surface area contributed by atoms with Gasteiger partial charge in [0.05, 0.1) is 13.2 Å². The Morgan fingerprint density at radius 2 is 1.82 bits per heavy atom. The molecule has 28 heavy (non-hydrogen) atoms. The normalized spacial score (nSPS) is 19.4. The number of rotatable bonds is 4. The molecule has 1 aromatic carbocycles. The molecule has 2 aliphatic heterocycles. The third kappa shape index (κ3) is 4.40. The molecule has 1 atom stereocenters. The molecule has 2 amide bonds. The second kappa shape index (κ2) is 8.64. The van der Waals surface area contributed by atoms with E-state index in [-0.39, 0.29) is 30.8 Å². The lowest BCUT2D eigenvalue weighted by Crippen LogP contribution is -2.43. The van der Waals surface area contributed by atoms with E-state index >= 15 is 0 Å². The van der Waals surface area contributed by atoms with Gasteiger partial charge in [0.1, 0.15) is 6.10 Å². The molecule has 0 saturated carbocycles. The topological polar surface area (TPSA) is 49.9 Å². The van der Waals surface area contributed by atoms with Gasteiger partial charge in [0.15, 0.2) is 0 Å². The lowest BCUT2D eigenvalue weighted by atomic mass is 10.1. The zero-order valence-corrected chi connectivity index (χ0v) is 17.2. The van der Waals surface area contributed by atoms with Crippen LogP contribution in [-0.4, -0.2) is 47.9 Å². The second-order valence-corrected chi connectivity index (χ2v) is 8.62. The highest BCUT2D eigenvalue weighted by molar-refractivity contribution is 7.10. The van der Waals surface area contributed by atoms with E-state index in [0.717, 1.165) is 18.5 Å². The maximum Gasteiger partial charge on any atom is 0.223 e. The summed E-state index contributed by atoms with van der Waals surface area (Å²) in [5.74, 6) is 0.0801. The third-order valence-electron chi connectivity index (χ3n) is 5.37. The smallest absolute Gasteiger partial charge is 0.223 e. The number of benzene rings is 1. The summed E-state index contributed by atoms with van der Waals surface area (Å²) < 4.78 is 5.82. The van der Waals surface area contributed by atoms with Gasteiger partial charge in [0.2, 0.25) is 11.8 Å². The molecule has 148 valence electrons. The van der Waals surface area contributed by atoms with Crippen LogP contribution >= 0.6 is 22.9 Å². The minimum Gasteiger partial charge on any atom is -0.370 e. The molecule has 5 nitrogen and oxygen atoms in total. The third-order valence-corrected chi connectivity index (χ3v) is 6.65.